The van der Waals surface area contributed by atoms with Crippen molar-refractivity contribution >= 4 is 39.0 Å². The molecule has 0 aliphatic heterocycles. The Morgan fingerprint density at radius 3 is 2.41 bits per heavy atom. The van der Waals surface area contributed by atoms with Gasteiger partial charge in [0.1, 0.15) is 10.6 Å². The smallest absolute Gasteiger partial charge is 0.341 e. The van der Waals surface area contributed by atoms with E-state index in [0.717, 1.165) is 27.5 Å². The lowest BCUT2D eigenvalue weighted by atomic mass is 9.97. The van der Waals surface area contributed by atoms with E-state index in [2.05, 4.69) is 5.32 Å². The molecule has 4 aromatic rings. The minimum absolute atomic E-state index is 0.173. The van der Waals surface area contributed by atoms with E-state index in [-0.39, 0.29) is 12.3 Å². The van der Waals surface area contributed by atoms with E-state index in [0.29, 0.717) is 10.6 Å². The molecular weight excluding hydrogens is 382 g/mol. The summed E-state index contributed by atoms with van der Waals surface area (Å²) in [6, 6.07) is 23.5. The van der Waals surface area contributed by atoms with Gasteiger partial charge in [-0.25, -0.2) is 4.79 Å². The molecule has 0 fully saturated rings. The number of methoxy groups -OCH3 is 1. The molecule has 1 heterocycles. The van der Waals surface area contributed by atoms with Crippen LogP contribution < -0.4 is 5.32 Å². The SMILES string of the molecule is COC(=O)c1c(-c2cccc3ccccc23)csc1NC(=O)Cc1ccccc1. The fourth-order valence-corrected chi connectivity index (χ4v) is 4.33. The van der Waals surface area contributed by atoms with Crippen LogP contribution in [0.3, 0.4) is 0 Å². The fraction of sp³-hybridized carbons (Fsp3) is 0.0833. The predicted octanol–water partition coefficient (Wildman–Crippen LogP) is 5.54. The minimum atomic E-state index is -0.468. The van der Waals surface area contributed by atoms with Crippen molar-refractivity contribution in [1.29, 1.82) is 0 Å². The van der Waals surface area contributed by atoms with Gasteiger partial charge in [-0.1, -0.05) is 72.8 Å². The Morgan fingerprint density at radius 2 is 1.62 bits per heavy atom. The van der Waals surface area contributed by atoms with E-state index in [1.54, 1.807) is 0 Å². The van der Waals surface area contributed by atoms with E-state index in [4.69, 9.17) is 4.74 Å². The molecule has 4 nitrogen and oxygen atoms in total. The zero-order chi connectivity index (χ0) is 20.2. The largest absolute Gasteiger partial charge is 0.465 e. The highest BCUT2D eigenvalue weighted by molar-refractivity contribution is 7.15. The summed E-state index contributed by atoms with van der Waals surface area (Å²) in [5, 5.41) is 7.41. The molecule has 1 aromatic heterocycles. The topological polar surface area (TPSA) is 55.4 Å². The molecular formula is C24H19NO3S. The van der Waals surface area contributed by atoms with Crippen LogP contribution in [-0.4, -0.2) is 19.0 Å². The number of carbonyl (C=O) groups excluding carboxylic acids is 2. The summed E-state index contributed by atoms with van der Waals surface area (Å²) in [6.07, 6.45) is 0.239. The first kappa shape index (κ1) is 18.9. The molecule has 0 aliphatic carbocycles. The van der Waals surface area contributed by atoms with E-state index in [1.807, 2.05) is 78.2 Å². The molecule has 1 amide bonds. The van der Waals surface area contributed by atoms with Crippen LogP contribution in [0.25, 0.3) is 21.9 Å². The van der Waals surface area contributed by atoms with Crippen LogP contribution in [-0.2, 0) is 16.0 Å². The van der Waals surface area contributed by atoms with Gasteiger partial charge in [-0.2, -0.15) is 0 Å². The number of amides is 1. The first-order valence-electron chi connectivity index (χ1n) is 9.19. The highest BCUT2D eigenvalue weighted by Crippen LogP contribution is 2.39. The van der Waals surface area contributed by atoms with Crippen molar-refractivity contribution in [1.82, 2.24) is 0 Å². The maximum atomic E-state index is 12.6. The standard InChI is InChI=1S/C24H19NO3S/c1-28-24(27)22-20(19-13-7-11-17-10-5-6-12-18(17)19)15-29-23(22)25-21(26)14-16-8-3-2-4-9-16/h2-13,15H,14H2,1H3,(H,25,26). The summed E-state index contributed by atoms with van der Waals surface area (Å²) in [7, 11) is 1.35. The van der Waals surface area contributed by atoms with Crippen LogP contribution in [0, 0.1) is 0 Å². The van der Waals surface area contributed by atoms with Gasteiger partial charge in [0.2, 0.25) is 5.91 Å². The first-order chi connectivity index (χ1) is 14.2. The number of ether oxygens (including phenoxy) is 1. The van der Waals surface area contributed by atoms with Gasteiger partial charge < -0.3 is 10.1 Å². The van der Waals surface area contributed by atoms with Crippen LogP contribution >= 0.6 is 11.3 Å². The molecule has 0 saturated carbocycles. The lowest BCUT2D eigenvalue weighted by Gasteiger charge is -2.10. The summed E-state index contributed by atoms with van der Waals surface area (Å²) in [6.45, 7) is 0. The van der Waals surface area contributed by atoms with Gasteiger partial charge in [-0.15, -0.1) is 11.3 Å². The highest BCUT2D eigenvalue weighted by Gasteiger charge is 2.23. The third-order valence-electron chi connectivity index (χ3n) is 4.72. The van der Waals surface area contributed by atoms with E-state index in [9.17, 15) is 9.59 Å². The van der Waals surface area contributed by atoms with Gasteiger partial charge in [-0.05, 0) is 21.9 Å². The van der Waals surface area contributed by atoms with Crippen molar-refractivity contribution in [3.8, 4) is 11.1 Å². The van der Waals surface area contributed by atoms with Gasteiger partial charge in [0.05, 0.1) is 13.5 Å². The summed E-state index contributed by atoms with van der Waals surface area (Å²) in [4.78, 5) is 25.1. The van der Waals surface area contributed by atoms with Crippen LogP contribution in [0.15, 0.2) is 78.2 Å². The lowest BCUT2D eigenvalue weighted by Crippen LogP contribution is -2.16. The van der Waals surface area contributed by atoms with Gasteiger partial charge in [0.25, 0.3) is 0 Å². The molecule has 0 spiro atoms. The third kappa shape index (κ3) is 3.91. The second-order valence-electron chi connectivity index (χ2n) is 6.58. The van der Waals surface area contributed by atoms with E-state index >= 15 is 0 Å². The van der Waals surface area contributed by atoms with E-state index < -0.39 is 5.97 Å². The first-order valence-corrected chi connectivity index (χ1v) is 10.1. The molecule has 3 aromatic carbocycles. The normalized spacial score (nSPS) is 10.7. The molecule has 0 unspecified atom stereocenters. The number of anilines is 1. The minimum Gasteiger partial charge on any atom is -0.465 e. The van der Waals surface area contributed by atoms with Gasteiger partial charge in [0, 0.05) is 10.9 Å². The average Bonchev–Trinajstić information content (AvgIpc) is 3.16. The third-order valence-corrected chi connectivity index (χ3v) is 5.62. The number of fused-ring (bicyclic) bond motifs is 1. The maximum Gasteiger partial charge on any atom is 0.341 e. The Morgan fingerprint density at radius 1 is 0.897 bits per heavy atom. The van der Waals surface area contributed by atoms with Gasteiger partial charge in [-0.3, -0.25) is 4.79 Å². The molecule has 4 rings (SSSR count). The Hall–Kier alpha value is -3.44. The van der Waals surface area contributed by atoms with Crippen LogP contribution in [0.2, 0.25) is 0 Å². The zero-order valence-corrected chi connectivity index (χ0v) is 16.7. The second-order valence-corrected chi connectivity index (χ2v) is 7.46. The Labute approximate surface area is 172 Å². The monoisotopic (exact) mass is 401 g/mol. The van der Waals surface area contributed by atoms with Crippen LogP contribution in [0.5, 0.6) is 0 Å². The van der Waals surface area contributed by atoms with Crippen LogP contribution in [0.4, 0.5) is 5.00 Å². The van der Waals surface area contributed by atoms with Crippen LogP contribution in [0.1, 0.15) is 15.9 Å². The molecule has 1 N–H and O–H groups in total. The predicted molar refractivity (Wildman–Crippen MR) is 117 cm³/mol. The van der Waals surface area contributed by atoms with Crippen molar-refractivity contribution < 1.29 is 14.3 Å². The molecule has 0 aliphatic rings. The van der Waals surface area contributed by atoms with Crippen molar-refractivity contribution in [3.05, 3.63) is 89.3 Å². The summed E-state index contributed by atoms with van der Waals surface area (Å²) >= 11 is 1.33. The zero-order valence-electron chi connectivity index (χ0n) is 15.8. The number of thiophene rings is 1. The second kappa shape index (κ2) is 8.29. The number of hydrogen-bond acceptors (Lipinski definition) is 4. The molecule has 0 bridgehead atoms. The van der Waals surface area contributed by atoms with Crippen molar-refractivity contribution in [3.63, 3.8) is 0 Å². The molecule has 5 heteroatoms. The summed E-state index contributed by atoms with van der Waals surface area (Å²) < 4.78 is 5.03. The highest BCUT2D eigenvalue weighted by atomic mass is 32.1. The maximum absolute atomic E-state index is 12.6. The number of rotatable bonds is 5. The van der Waals surface area contributed by atoms with Crippen molar-refractivity contribution in [2.24, 2.45) is 0 Å². The molecule has 144 valence electrons. The Balaban J connectivity index is 1.72. The number of benzene rings is 3. The quantitative estimate of drug-likeness (QED) is 0.447. The number of nitrogens with one attached hydrogen (secondary N) is 1. The summed E-state index contributed by atoms with van der Waals surface area (Å²) in [5.74, 6) is -0.642. The average molecular weight is 401 g/mol. The molecule has 0 saturated heterocycles. The van der Waals surface area contributed by atoms with Gasteiger partial charge in [0.15, 0.2) is 0 Å². The number of hydrogen-bond donors (Lipinski definition) is 1. The molecule has 29 heavy (non-hydrogen) atoms. The van der Waals surface area contributed by atoms with Crippen molar-refractivity contribution in [2.45, 2.75) is 6.42 Å². The lowest BCUT2D eigenvalue weighted by molar-refractivity contribution is -0.115. The molecule has 0 radical (unpaired) electrons. The Bertz CT molecular complexity index is 1180. The fourth-order valence-electron chi connectivity index (χ4n) is 3.37. The summed E-state index contributed by atoms with van der Waals surface area (Å²) in [5.41, 5.74) is 2.99. The van der Waals surface area contributed by atoms with E-state index in [1.165, 1.54) is 18.4 Å². The molecule has 0 atom stereocenters. The number of carbonyl (C=O) groups is 2. The van der Waals surface area contributed by atoms with Gasteiger partial charge >= 0.3 is 5.97 Å². The Kier molecular flexibility index (Phi) is 5.40. The number of esters is 1. The van der Waals surface area contributed by atoms with Crippen molar-refractivity contribution in [2.75, 3.05) is 12.4 Å².